The van der Waals surface area contributed by atoms with Gasteiger partial charge < -0.3 is 10.1 Å². The van der Waals surface area contributed by atoms with Gasteiger partial charge in [0.15, 0.2) is 6.10 Å². The number of carbonyl (C=O) groups is 1. The van der Waals surface area contributed by atoms with Crippen LogP contribution in [0.1, 0.15) is 36.1 Å². The maximum Gasteiger partial charge on any atom is 0.263 e. The summed E-state index contributed by atoms with van der Waals surface area (Å²) in [6.45, 7) is 3.93. The minimum Gasteiger partial charge on any atom is -0.476 e. The summed E-state index contributed by atoms with van der Waals surface area (Å²) in [5, 5.41) is 3.04. The molecule has 0 bridgehead atoms. The molecule has 0 saturated heterocycles. The second-order valence-electron chi connectivity index (χ2n) is 8.23. The fourth-order valence-corrected chi connectivity index (χ4v) is 5.53. The zero-order valence-electron chi connectivity index (χ0n) is 18.8. The Morgan fingerprint density at radius 3 is 2.39 bits per heavy atom. The Hall–Kier alpha value is -3.32. The highest BCUT2D eigenvalue weighted by atomic mass is 32.2. The smallest absolute Gasteiger partial charge is 0.263 e. The lowest BCUT2D eigenvalue weighted by Gasteiger charge is -2.35. The second-order valence-corrected chi connectivity index (χ2v) is 10.1. The quantitative estimate of drug-likeness (QED) is 0.564. The first-order valence-electron chi connectivity index (χ1n) is 11.0. The number of sulfonamides is 1. The molecule has 0 fully saturated rings. The summed E-state index contributed by atoms with van der Waals surface area (Å²) < 4.78 is 34.0. The van der Waals surface area contributed by atoms with Crippen molar-refractivity contribution in [3.8, 4) is 5.75 Å². The average Bonchev–Trinajstić information content (AvgIpc) is 2.82. The molecule has 1 amide bonds. The van der Waals surface area contributed by atoms with E-state index in [0.29, 0.717) is 23.4 Å². The standard InChI is InChI=1S/C26H28N2O4S/c1-3-22(21-15-13-19(2)14-16-21)27-26(29)25-17-28(23-11-7-8-12-24(23)32-25)33(30,31)18-20-9-5-4-6-10-20/h4-16,22,25H,3,17-18H2,1-2H3,(H,27,29)/t22-,25-/m1/s1. The minimum absolute atomic E-state index is 0.0810. The molecule has 33 heavy (non-hydrogen) atoms. The normalized spacial score (nSPS) is 16.4. The molecule has 0 unspecified atom stereocenters. The van der Waals surface area contributed by atoms with Gasteiger partial charge in [-0.1, -0.05) is 79.2 Å². The average molecular weight is 465 g/mol. The van der Waals surface area contributed by atoms with Gasteiger partial charge in [-0.2, -0.15) is 0 Å². The molecule has 1 heterocycles. The number of hydrogen-bond donors (Lipinski definition) is 1. The van der Waals surface area contributed by atoms with Crippen molar-refractivity contribution in [2.45, 2.75) is 38.2 Å². The number of anilines is 1. The molecule has 0 spiro atoms. The first kappa shape index (κ1) is 22.9. The Morgan fingerprint density at radius 1 is 1.03 bits per heavy atom. The third kappa shape index (κ3) is 5.20. The first-order valence-corrected chi connectivity index (χ1v) is 12.7. The lowest BCUT2D eigenvalue weighted by Crippen LogP contribution is -2.51. The van der Waals surface area contributed by atoms with Crippen LogP contribution in [-0.4, -0.2) is 27.0 Å². The van der Waals surface area contributed by atoms with E-state index in [4.69, 9.17) is 4.74 Å². The third-order valence-electron chi connectivity index (χ3n) is 5.76. The predicted molar refractivity (Wildman–Crippen MR) is 130 cm³/mol. The van der Waals surface area contributed by atoms with Crippen LogP contribution in [0.15, 0.2) is 78.9 Å². The lowest BCUT2D eigenvalue weighted by molar-refractivity contribution is -0.128. The van der Waals surface area contributed by atoms with E-state index >= 15 is 0 Å². The van der Waals surface area contributed by atoms with Gasteiger partial charge in [0.25, 0.3) is 5.91 Å². The number of nitrogens with one attached hydrogen (secondary N) is 1. The number of fused-ring (bicyclic) bond motifs is 1. The van der Waals surface area contributed by atoms with Gasteiger partial charge in [-0.3, -0.25) is 9.10 Å². The Morgan fingerprint density at radius 2 is 1.70 bits per heavy atom. The van der Waals surface area contributed by atoms with Crippen LogP contribution in [0.25, 0.3) is 0 Å². The topological polar surface area (TPSA) is 75.7 Å². The molecular weight excluding hydrogens is 436 g/mol. The molecule has 172 valence electrons. The number of ether oxygens (including phenoxy) is 1. The molecule has 3 aromatic rings. The van der Waals surface area contributed by atoms with Crippen LogP contribution in [0.4, 0.5) is 5.69 Å². The largest absolute Gasteiger partial charge is 0.476 e. The Labute approximate surface area is 195 Å². The molecule has 4 rings (SSSR count). The molecule has 0 aromatic heterocycles. The highest BCUT2D eigenvalue weighted by Crippen LogP contribution is 2.36. The SMILES string of the molecule is CC[C@@H](NC(=O)[C@H]1CN(S(=O)(=O)Cc2ccccc2)c2ccccc2O1)c1ccc(C)cc1. The molecule has 7 heteroatoms. The summed E-state index contributed by atoms with van der Waals surface area (Å²) in [6, 6.07) is 23.8. The van der Waals surface area contributed by atoms with Crippen molar-refractivity contribution in [3.05, 3.63) is 95.6 Å². The van der Waals surface area contributed by atoms with Gasteiger partial charge in [0, 0.05) is 0 Å². The Balaban J connectivity index is 1.57. The van der Waals surface area contributed by atoms with E-state index in [1.807, 2.05) is 56.3 Å². The van der Waals surface area contributed by atoms with Crippen LogP contribution in [0.2, 0.25) is 0 Å². The molecule has 2 atom stereocenters. The zero-order valence-corrected chi connectivity index (χ0v) is 19.6. The minimum atomic E-state index is -3.73. The second kappa shape index (κ2) is 9.67. The molecule has 6 nitrogen and oxygen atoms in total. The van der Waals surface area contributed by atoms with E-state index in [-0.39, 0.29) is 24.2 Å². The molecule has 1 aliphatic heterocycles. The van der Waals surface area contributed by atoms with Crippen LogP contribution >= 0.6 is 0 Å². The highest BCUT2D eigenvalue weighted by Gasteiger charge is 2.37. The van der Waals surface area contributed by atoms with Crippen molar-refractivity contribution in [2.75, 3.05) is 10.8 Å². The summed E-state index contributed by atoms with van der Waals surface area (Å²) in [5.41, 5.74) is 3.28. The Kier molecular flexibility index (Phi) is 6.70. The van der Waals surface area contributed by atoms with Gasteiger partial charge in [0.05, 0.1) is 24.0 Å². The van der Waals surface area contributed by atoms with Gasteiger partial charge in [0.1, 0.15) is 5.75 Å². The number of nitrogens with zero attached hydrogens (tertiary/aromatic N) is 1. The third-order valence-corrected chi connectivity index (χ3v) is 7.47. The lowest BCUT2D eigenvalue weighted by atomic mass is 10.0. The van der Waals surface area contributed by atoms with Crippen molar-refractivity contribution in [1.29, 1.82) is 0 Å². The molecular formula is C26H28N2O4S. The van der Waals surface area contributed by atoms with E-state index in [2.05, 4.69) is 5.32 Å². The van der Waals surface area contributed by atoms with Crippen molar-refractivity contribution in [3.63, 3.8) is 0 Å². The molecule has 0 aliphatic carbocycles. The number of benzene rings is 3. The summed E-state index contributed by atoms with van der Waals surface area (Å²) in [4.78, 5) is 13.2. The van der Waals surface area contributed by atoms with Crippen molar-refractivity contribution >= 4 is 21.6 Å². The maximum atomic E-state index is 13.4. The summed E-state index contributed by atoms with van der Waals surface area (Å²) in [6.07, 6.45) is -0.251. The molecule has 1 N–H and O–H groups in total. The molecule has 3 aromatic carbocycles. The van der Waals surface area contributed by atoms with E-state index in [9.17, 15) is 13.2 Å². The van der Waals surface area contributed by atoms with E-state index in [0.717, 1.165) is 11.1 Å². The number of hydrogen-bond acceptors (Lipinski definition) is 4. The zero-order chi connectivity index (χ0) is 23.4. The molecule has 0 radical (unpaired) electrons. The van der Waals surface area contributed by atoms with Crippen LogP contribution in [0.3, 0.4) is 0 Å². The van der Waals surface area contributed by atoms with Crippen molar-refractivity contribution in [2.24, 2.45) is 0 Å². The maximum absolute atomic E-state index is 13.4. The number of carbonyl (C=O) groups excluding carboxylic acids is 1. The van der Waals surface area contributed by atoms with Crippen LogP contribution in [0, 0.1) is 6.92 Å². The van der Waals surface area contributed by atoms with E-state index in [1.54, 1.807) is 36.4 Å². The van der Waals surface area contributed by atoms with Gasteiger partial charge in [-0.05, 0) is 36.6 Å². The van der Waals surface area contributed by atoms with Crippen LogP contribution in [0.5, 0.6) is 5.75 Å². The monoisotopic (exact) mass is 464 g/mol. The van der Waals surface area contributed by atoms with Crippen molar-refractivity contribution in [1.82, 2.24) is 5.32 Å². The number of rotatable bonds is 7. The van der Waals surface area contributed by atoms with Gasteiger partial charge >= 0.3 is 0 Å². The van der Waals surface area contributed by atoms with Crippen LogP contribution < -0.4 is 14.4 Å². The van der Waals surface area contributed by atoms with Crippen LogP contribution in [-0.2, 0) is 20.6 Å². The number of amides is 1. The van der Waals surface area contributed by atoms with Gasteiger partial charge in [-0.15, -0.1) is 0 Å². The van der Waals surface area contributed by atoms with E-state index in [1.165, 1.54) is 4.31 Å². The fourth-order valence-electron chi connectivity index (χ4n) is 3.95. The predicted octanol–water partition coefficient (Wildman–Crippen LogP) is 4.36. The fraction of sp³-hybridized carbons (Fsp3) is 0.269. The summed E-state index contributed by atoms with van der Waals surface area (Å²) in [5.74, 6) is -0.113. The van der Waals surface area contributed by atoms with Crippen molar-refractivity contribution < 1.29 is 17.9 Å². The first-order chi connectivity index (χ1) is 15.9. The highest BCUT2D eigenvalue weighted by molar-refractivity contribution is 7.92. The molecule has 1 aliphatic rings. The number of aryl methyl sites for hydroxylation is 1. The van der Waals surface area contributed by atoms with Gasteiger partial charge in [-0.25, -0.2) is 8.42 Å². The molecule has 0 saturated carbocycles. The van der Waals surface area contributed by atoms with Gasteiger partial charge in [0.2, 0.25) is 10.0 Å². The Bertz CT molecular complexity index is 1210. The van der Waals surface area contributed by atoms with E-state index < -0.39 is 16.1 Å². The summed E-state index contributed by atoms with van der Waals surface area (Å²) in [7, 11) is -3.73. The number of para-hydroxylation sites is 2. The summed E-state index contributed by atoms with van der Waals surface area (Å²) >= 11 is 0.